The van der Waals surface area contributed by atoms with Crippen molar-refractivity contribution in [2.75, 3.05) is 0 Å². The number of unbranched alkanes of at least 4 members (excludes halogenated alkanes) is 20. The number of carbonyl (C=O) groups excluding carboxylic acids is 1. The SMILES string of the molecule is CCCCCCCCC1(CCCCCCCC)CCCC(=O)C1(CCCCCCCC)CCCCCCCC. The normalized spacial score (nSPS) is 16.7. The average Bonchev–Trinajstić information content (AvgIpc) is 2.94. The van der Waals surface area contributed by atoms with Gasteiger partial charge >= 0.3 is 0 Å². The predicted octanol–water partition coefficient (Wildman–Crippen LogP) is 13.7. The van der Waals surface area contributed by atoms with Crippen LogP contribution in [0.25, 0.3) is 0 Å². The topological polar surface area (TPSA) is 17.1 Å². The van der Waals surface area contributed by atoms with E-state index in [4.69, 9.17) is 0 Å². The molecule has 1 rings (SSSR count). The van der Waals surface area contributed by atoms with Crippen LogP contribution in [0.3, 0.4) is 0 Å². The number of hydrogen-bond acceptors (Lipinski definition) is 1. The monoisotopic (exact) mass is 547 g/mol. The zero-order valence-electron chi connectivity index (χ0n) is 27.8. The Hall–Kier alpha value is -0.330. The van der Waals surface area contributed by atoms with Crippen molar-refractivity contribution in [3.63, 3.8) is 0 Å². The minimum absolute atomic E-state index is 0.00635. The molecular formula is C38H74O. The summed E-state index contributed by atoms with van der Waals surface area (Å²) in [6.45, 7) is 9.27. The number of hydrogen-bond donors (Lipinski definition) is 0. The molecule has 0 N–H and O–H groups in total. The quantitative estimate of drug-likeness (QED) is 0.0892. The largest absolute Gasteiger partial charge is 0.299 e. The predicted molar refractivity (Wildman–Crippen MR) is 176 cm³/mol. The average molecular weight is 547 g/mol. The van der Waals surface area contributed by atoms with Crippen molar-refractivity contribution in [3.8, 4) is 0 Å². The molecule has 0 radical (unpaired) electrons. The first-order valence-corrected chi connectivity index (χ1v) is 18.7. The molecule has 0 atom stereocenters. The Labute approximate surface area is 247 Å². The van der Waals surface area contributed by atoms with E-state index in [1.165, 1.54) is 193 Å². The molecule has 0 bridgehead atoms. The highest BCUT2D eigenvalue weighted by Crippen LogP contribution is 2.60. The Morgan fingerprint density at radius 3 is 1.10 bits per heavy atom. The standard InChI is InChI=1S/C38H74O/c1-5-9-13-17-21-25-31-37(32-26-22-18-14-10-6-2)33-29-30-36(39)38(37,34-27-23-19-15-11-7-3)35-28-24-20-16-12-8-4/h5-35H2,1-4H3. The molecule has 0 aromatic carbocycles. The Morgan fingerprint density at radius 1 is 0.436 bits per heavy atom. The van der Waals surface area contributed by atoms with Gasteiger partial charge in [-0.05, 0) is 43.9 Å². The zero-order chi connectivity index (χ0) is 28.5. The summed E-state index contributed by atoms with van der Waals surface area (Å²) in [4.78, 5) is 14.2. The van der Waals surface area contributed by atoms with E-state index in [-0.39, 0.29) is 5.41 Å². The van der Waals surface area contributed by atoms with Gasteiger partial charge in [0.25, 0.3) is 0 Å². The lowest BCUT2D eigenvalue weighted by Crippen LogP contribution is -2.51. The van der Waals surface area contributed by atoms with Crippen LogP contribution in [0.1, 0.15) is 227 Å². The van der Waals surface area contributed by atoms with Crippen molar-refractivity contribution < 1.29 is 4.79 Å². The summed E-state index contributed by atoms with van der Waals surface area (Å²) in [5.74, 6) is 0.702. The molecule has 0 aromatic rings. The van der Waals surface area contributed by atoms with E-state index in [1.54, 1.807) is 0 Å². The van der Waals surface area contributed by atoms with E-state index in [1.807, 2.05) is 0 Å². The summed E-state index contributed by atoms with van der Waals surface area (Å²) in [7, 11) is 0. The Morgan fingerprint density at radius 2 is 0.744 bits per heavy atom. The third-order valence-electron chi connectivity index (χ3n) is 10.5. The number of ketones is 1. The van der Waals surface area contributed by atoms with Crippen molar-refractivity contribution in [2.24, 2.45) is 10.8 Å². The van der Waals surface area contributed by atoms with Crippen molar-refractivity contribution in [2.45, 2.75) is 227 Å². The summed E-state index contributed by atoms with van der Waals surface area (Å²) in [6.07, 6.45) is 41.2. The summed E-state index contributed by atoms with van der Waals surface area (Å²) in [5, 5.41) is 0. The number of rotatable bonds is 28. The van der Waals surface area contributed by atoms with Crippen LogP contribution in [0.4, 0.5) is 0 Å². The van der Waals surface area contributed by atoms with Gasteiger partial charge in [-0.3, -0.25) is 4.79 Å². The fourth-order valence-corrected chi connectivity index (χ4v) is 8.05. The highest BCUT2D eigenvalue weighted by Gasteiger charge is 2.55. The second-order valence-corrected chi connectivity index (χ2v) is 13.7. The first-order valence-electron chi connectivity index (χ1n) is 18.7. The van der Waals surface area contributed by atoms with E-state index >= 15 is 0 Å². The van der Waals surface area contributed by atoms with Crippen LogP contribution < -0.4 is 0 Å². The van der Waals surface area contributed by atoms with Crippen molar-refractivity contribution in [1.29, 1.82) is 0 Å². The molecule has 1 saturated carbocycles. The van der Waals surface area contributed by atoms with Gasteiger partial charge in [0.05, 0.1) is 0 Å². The molecular weight excluding hydrogens is 472 g/mol. The number of Topliss-reactive ketones (excluding diaryl/α,β-unsaturated/α-hetero) is 1. The zero-order valence-corrected chi connectivity index (χ0v) is 27.8. The Balaban J connectivity index is 3.05. The summed E-state index contributed by atoms with van der Waals surface area (Å²) >= 11 is 0. The van der Waals surface area contributed by atoms with Crippen LogP contribution in [-0.2, 0) is 4.79 Å². The third kappa shape index (κ3) is 14.4. The first kappa shape index (κ1) is 36.7. The molecule has 0 saturated heterocycles. The van der Waals surface area contributed by atoms with Crippen LogP contribution in [0.2, 0.25) is 0 Å². The van der Waals surface area contributed by atoms with Crippen molar-refractivity contribution in [1.82, 2.24) is 0 Å². The number of carbonyl (C=O) groups is 1. The highest BCUT2D eigenvalue weighted by molar-refractivity contribution is 5.86. The molecule has 0 aromatic heterocycles. The van der Waals surface area contributed by atoms with Crippen molar-refractivity contribution >= 4 is 5.78 Å². The molecule has 1 aliphatic rings. The van der Waals surface area contributed by atoms with Crippen molar-refractivity contribution in [3.05, 3.63) is 0 Å². The Bertz CT molecular complexity index is 517. The van der Waals surface area contributed by atoms with E-state index < -0.39 is 0 Å². The maximum absolute atomic E-state index is 14.2. The second kappa shape index (κ2) is 24.3. The van der Waals surface area contributed by atoms with Gasteiger partial charge in [-0.2, -0.15) is 0 Å². The van der Waals surface area contributed by atoms with Crippen LogP contribution in [-0.4, -0.2) is 5.78 Å². The highest BCUT2D eigenvalue weighted by atomic mass is 16.1. The van der Waals surface area contributed by atoms with Gasteiger partial charge in [-0.1, -0.05) is 182 Å². The lowest BCUT2D eigenvalue weighted by atomic mass is 9.49. The lowest BCUT2D eigenvalue weighted by Gasteiger charge is -2.54. The molecule has 0 amide bonds. The third-order valence-corrected chi connectivity index (χ3v) is 10.5. The van der Waals surface area contributed by atoms with Gasteiger partial charge in [0.1, 0.15) is 5.78 Å². The van der Waals surface area contributed by atoms with Gasteiger partial charge in [-0.15, -0.1) is 0 Å². The summed E-state index contributed by atoms with van der Waals surface area (Å²) in [6, 6.07) is 0. The van der Waals surface area contributed by atoms with E-state index in [2.05, 4.69) is 27.7 Å². The van der Waals surface area contributed by atoms with Crippen LogP contribution in [0, 0.1) is 10.8 Å². The molecule has 1 fully saturated rings. The molecule has 0 aliphatic heterocycles. The fourth-order valence-electron chi connectivity index (χ4n) is 8.05. The molecule has 0 spiro atoms. The van der Waals surface area contributed by atoms with Crippen LogP contribution >= 0.6 is 0 Å². The molecule has 232 valence electrons. The molecule has 1 nitrogen and oxygen atoms in total. The van der Waals surface area contributed by atoms with Crippen LogP contribution in [0.5, 0.6) is 0 Å². The maximum atomic E-state index is 14.2. The molecule has 0 heterocycles. The van der Waals surface area contributed by atoms with Gasteiger partial charge in [-0.25, -0.2) is 0 Å². The lowest BCUT2D eigenvalue weighted by molar-refractivity contribution is -0.148. The molecule has 1 aliphatic carbocycles. The minimum Gasteiger partial charge on any atom is -0.299 e. The van der Waals surface area contributed by atoms with Gasteiger partial charge in [0, 0.05) is 11.8 Å². The van der Waals surface area contributed by atoms with E-state index in [0.717, 1.165) is 6.42 Å². The summed E-state index contributed by atoms with van der Waals surface area (Å²) in [5.41, 5.74) is 0.290. The van der Waals surface area contributed by atoms with E-state index in [0.29, 0.717) is 11.2 Å². The fraction of sp³-hybridized carbons (Fsp3) is 0.974. The molecule has 0 unspecified atom stereocenters. The molecule has 39 heavy (non-hydrogen) atoms. The minimum atomic E-state index is -0.00635. The Kier molecular flexibility index (Phi) is 22.9. The maximum Gasteiger partial charge on any atom is 0.139 e. The van der Waals surface area contributed by atoms with Gasteiger partial charge in [0.15, 0.2) is 0 Å². The summed E-state index contributed by atoms with van der Waals surface area (Å²) < 4.78 is 0. The van der Waals surface area contributed by atoms with Gasteiger partial charge in [0.2, 0.25) is 0 Å². The van der Waals surface area contributed by atoms with E-state index in [9.17, 15) is 4.79 Å². The smallest absolute Gasteiger partial charge is 0.139 e. The van der Waals surface area contributed by atoms with Crippen LogP contribution in [0.15, 0.2) is 0 Å². The first-order chi connectivity index (χ1) is 19.1. The molecule has 1 heteroatoms. The second-order valence-electron chi connectivity index (χ2n) is 13.7. The van der Waals surface area contributed by atoms with Gasteiger partial charge < -0.3 is 0 Å².